The van der Waals surface area contributed by atoms with Gasteiger partial charge in [-0.15, -0.1) is 0 Å². The van der Waals surface area contributed by atoms with Gasteiger partial charge in [0.25, 0.3) is 11.8 Å². The molecular formula is C19H15NO3. The van der Waals surface area contributed by atoms with Gasteiger partial charge in [-0.25, -0.2) is 0 Å². The van der Waals surface area contributed by atoms with Crippen LogP contribution in [0.2, 0.25) is 0 Å². The highest BCUT2D eigenvalue weighted by atomic mass is 16.2. The number of hydrogen-bond donors (Lipinski definition) is 0. The highest BCUT2D eigenvalue weighted by Crippen LogP contribution is 2.23. The summed E-state index contributed by atoms with van der Waals surface area (Å²) in [4.78, 5) is 37.3. The number of amides is 2. The van der Waals surface area contributed by atoms with Crippen LogP contribution in [0.3, 0.4) is 0 Å². The molecule has 0 unspecified atom stereocenters. The second-order valence-electron chi connectivity index (χ2n) is 5.49. The molecule has 2 aromatic rings. The number of rotatable bonds is 3. The molecule has 0 fully saturated rings. The molecule has 4 heteroatoms. The fourth-order valence-electron chi connectivity index (χ4n) is 2.58. The third-order valence-corrected chi connectivity index (χ3v) is 3.95. The summed E-state index contributed by atoms with van der Waals surface area (Å²) in [5, 5.41) is 0. The molecule has 114 valence electrons. The Morgan fingerprint density at radius 2 is 1.57 bits per heavy atom. The van der Waals surface area contributed by atoms with Crippen molar-refractivity contribution >= 4 is 23.2 Å². The van der Waals surface area contributed by atoms with E-state index in [-0.39, 0.29) is 23.2 Å². The molecule has 1 aliphatic heterocycles. The maximum atomic E-state index is 12.4. The van der Waals surface area contributed by atoms with Gasteiger partial charge in [-0.05, 0) is 36.3 Å². The number of allylic oxidation sites excluding steroid dienone is 2. The van der Waals surface area contributed by atoms with Crippen molar-refractivity contribution in [3.05, 3.63) is 76.9 Å². The highest BCUT2D eigenvalue weighted by molar-refractivity contribution is 6.22. The summed E-state index contributed by atoms with van der Waals surface area (Å²) in [5.41, 5.74) is 2.84. The van der Waals surface area contributed by atoms with E-state index >= 15 is 0 Å². The van der Waals surface area contributed by atoms with Crippen molar-refractivity contribution in [2.45, 2.75) is 6.92 Å². The van der Waals surface area contributed by atoms with Crippen molar-refractivity contribution in [3.63, 3.8) is 0 Å². The number of fused-ring (bicyclic) bond motifs is 1. The second kappa shape index (κ2) is 5.65. The molecule has 3 rings (SSSR count). The van der Waals surface area contributed by atoms with Gasteiger partial charge in [-0.2, -0.15) is 0 Å². The van der Waals surface area contributed by atoms with Gasteiger partial charge in [0.1, 0.15) is 0 Å². The lowest BCUT2D eigenvalue weighted by Gasteiger charge is -2.03. The Bertz CT molecular complexity index is 850. The zero-order valence-electron chi connectivity index (χ0n) is 12.9. The first-order valence-corrected chi connectivity index (χ1v) is 7.23. The largest absolute Gasteiger partial charge is 0.289 e. The van der Waals surface area contributed by atoms with Crippen LogP contribution in [-0.4, -0.2) is 29.5 Å². The molecule has 0 bridgehead atoms. The van der Waals surface area contributed by atoms with E-state index in [4.69, 9.17) is 0 Å². The van der Waals surface area contributed by atoms with Crippen molar-refractivity contribution < 1.29 is 14.4 Å². The standard InChI is InChI=1S/C19H15NO3/c1-12(13-6-4-3-5-7-13)10-17(21)14-8-9-15-16(11-14)19(23)20(2)18(15)22/h3-11H,1-2H3/b12-10+. The fourth-order valence-corrected chi connectivity index (χ4v) is 2.58. The number of ketones is 1. The van der Waals surface area contributed by atoms with Crippen molar-refractivity contribution in [1.82, 2.24) is 4.90 Å². The predicted molar refractivity (Wildman–Crippen MR) is 87.3 cm³/mol. The molecule has 0 spiro atoms. The van der Waals surface area contributed by atoms with Crippen molar-refractivity contribution in [2.75, 3.05) is 7.05 Å². The minimum atomic E-state index is -0.372. The van der Waals surface area contributed by atoms with Crippen LogP contribution >= 0.6 is 0 Å². The first kappa shape index (κ1) is 14.9. The summed E-state index contributed by atoms with van der Waals surface area (Å²) >= 11 is 0. The quantitative estimate of drug-likeness (QED) is 0.497. The van der Waals surface area contributed by atoms with Crippen LogP contribution in [0.25, 0.3) is 5.57 Å². The molecule has 1 aliphatic rings. The molecule has 2 amide bonds. The number of carbonyl (C=O) groups excluding carboxylic acids is 3. The Morgan fingerprint density at radius 1 is 0.913 bits per heavy atom. The zero-order valence-corrected chi connectivity index (χ0v) is 12.9. The maximum absolute atomic E-state index is 12.4. The Labute approximate surface area is 134 Å². The lowest BCUT2D eigenvalue weighted by atomic mass is 10.00. The minimum Gasteiger partial charge on any atom is -0.289 e. The summed E-state index contributed by atoms with van der Waals surface area (Å²) in [7, 11) is 1.44. The van der Waals surface area contributed by atoms with Crippen LogP contribution in [0.4, 0.5) is 0 Å². The first-order valence-electron chi connectivity index (χ1n) is 7.23. The number of hydrogen-bond acceptors (Lipinski definition) is 3. The van der Waals surface area contributed by atoms with Gasteiger partial charge in [0.15, 0.2) is 5.78 Å². The van der Waals surface area contributed by atoms with Crippen LogP contribution in [0, 0.1) is 0 Å². The van der Waals surface area contributed by atoms with Crippen LogP contribution in [0.1, 0.15) is 43.6 Å². The van der Waals surface area contributed by atoms with Crippen LogP contribution in [-0.2, 0) is 0 Å². The van der Waals surface area contributed by atoms with E-state index in [1.54, 1.807) is 12.1 Å². The first-order chi connectivity index (χ1) is 11.0. The average molecular weight is 305 g/mol. The Kier molecular flexibility index (Phi) is 3.66. The molecule has 0 aliphatic carbocycles. The Balaban J connectivity index is 1.93. The van der Waals surface area contributed by atoms with Gasteiger partial charge in [0.2, 0.25) is 0 Å². The maximum Gasteiger partial charge on any atom is 0.261 e. The smallest absolute Gasteiger partial charge is 0.261 e. The van der Waals surface area contributed by atoms with Gasteiger partial charge in [0.05, 0.1) is 11.1 Å². The van der Waals surface area contributed by atoms with Crippen molar-refractivity contribution in [2.24, 2.45) is 0 Å². The SMILES string of the molecule is C/C(=C\C(=O)c1ccc2c(c1)C(=O)N(C)C2=O)c1ccccc1. The van der Waals surface area contributed by atoms with E-state index in [9.17, 15) is 14.4 Å². The molecule has 0 saturated carbocycles. The zero-order chi connectivity index (χ0) is 16.6. The molecule has 1 heterocycles. The van der Waals surface area contributed by atoms with E-state index in [0.29, 0.717) is 11.1 Å². The summed E-state index contributed by atoms with van der Waals surface area (Å²) in [6.07, 6.45) is 1.54. The van der Waals surface area contributed by atoms with Crippen LogP contribution < -0.4 is 0 Å². The Hall–Kier alpha value is -3.01. The molecule has 0 saturated heterocycles. The molecule has 23 heavy (non-hydrogen) atoms. The third kappa shape index (κ3) is 2.59. The summed E-state index contributed by atoms with van der Waals surface area (Å²) in [6, 6.07) is 14.2. The molecule has 4 nitrogen and oxygen atoms in total. The highest BCUT2D eigenvalue weighted by Gasteiger charge is 2.33. The monoisotopic (exact) mass is 305 g/mol. The molecule has 0 aromatic heterocycles. The molecule has 0 radical (unpaired) electrons. The van der Waals surface area contributed by atoms with Gasteiger partial charge < -0.3 is 0 Å². The number of carbonyl (C=O) groups is 3. The number of benzene rings is 2. The van der Waals surface area contributed by atoms with Crippen LogP contribution in [0.15, 0.2) is 54.6 Å². The van der Waals surface area contributed by atoms with E-state index < -0.39 is 0 Å². The third-order valence-electron chi connectivity index (χ3n) is 3.95. The van der Waals surface area contributed by atoms with Crippen molar-refractivity contribution in [3.8, 4) is 0 Å². The lowest BCUT2D eigenvalue weighted by molar-refractivity contribution is 0.0693. The average Bonchev–Trinajstić information content (AvgIpc) is 2.79. The van der Waals surface area contributed by atoms with Gasteiger partial charge in [0, 0.05) is 12.6 Å². The molecule has 0 N–H and O–H groups in total. The number of imide groups is 1. The van der Waals surface area contributed by atoms with Crippen LogP contribution in [0.5, 0.6) is 0 Å². The molecule has 2 aromatic carbocycles. The summed E-state index contributed by atoms with van der Waals surface area (Å²) in [6.45, 7) is 1.86. The predicted octanol–water partition coefficient (Wildman–Crippen LogP) is 3.20. The van der Waals surface area contributed by atoms with E-state index in [2.05, 4.69) is 0 Å². The topological polar surface area (TPSA) is 54.5 Å². The Morgan fingerprint density at radius 3 is 2.26 bits per heavy atom. The van der Waals surface area contributed by atoms with E-state index in [1.807, 2.05) is 37.3 Å². The summed E-state index contributed by atoms with van der Waals surface area (Å²) < 4.78 is 0. The normalized spacial score (nSPS) is 14.2. The summed E-state index contributed by atoms with van der Waals surface area (Å²) in [5.74, 6) is -0.896. The van der Waals surface area contributed by atoms with E-state index in [0.717, 1.165) is 16.0 Å². The fraction of sp³-hybridized carbons (Fsp3) is 0.105. The van der Waals surface area contributed by atoms with Gasteiger partial charge in [-0.3, -0.25) is 19.3 Å². The molecule has 0 atom stereocenters. The second-order valence-corrected chi connectivity index (χ2v) is 5.49. The van der Waals surface area contributed by atoms with Crippen molar-refractivity contribution in [1.29, 1.82) is 0 Å². The number of nitrogens with zero attached hydrogens (tertiary/aromatic N) is 1. The van der Waals surface area contributed by atoms with Gasteiger partial charge >= 0.3 is 0 Å². The van der Waals surface area contributed by atoms with E-state index in [1.165, 1.54) is 19.2 Å². The lowest BCUT2D eigenvalue weighted by Crippen LogP contribution is -2.24. The van der Waals surface area contributed by atoms with Gasteiger partial charge in [-0.1, -0.05) is 36.4 Å². The molecular weight excluding hydrogens is 290 g/mol. The minimum absolute atomic E-state index is 0.191.